The Labute approximate surface area is 170 Å². The Morgan fingerprint density at radius 3 is 2.43 bits per heavy atom. The first-order valence-electron chi connectivity index (χ1n) is 10.3. The van der Waals surface area contributed by atoms with Crippen molar-refractivity contribution in [3.8, 4) is 0 Å². The maximum atomic E-state index is 12.6. The molecule has 2 fully saturated rings. The number of benzene rings is 1. The number of hydrazone groups is 1. The molecule has 5 nitrogen and oxygen atoms in total. The summed E-state index contributed by atoms with van der Waals surface area (Å²) in [5, 5.41) is 4.29. The Hall–Kier alpha value is -1.40. The second kappa shape index (κ2) is 8.15. The topological polar surface area (TPSA) is 67.8 Å². The van der Waals surface area contributed by atoms with E-state index < -0.39 is 10.0 Å². The molecule has 3 rings (SSSR count). The second-order valence-electron chi connectivity index (χ2n) is 9.41. The molecule has 2 aliphatic carbocycles. The minimum absolute atomic E-state index is 0.111. The zero-order chi connectivity index (χ0) is 20.4. The Balaban J connectivity index is 1.83. The smallest absolute Gasteiger partial charge is 0.276 e. The van der Waals surface area contributed by atoms with E-state index in [0.717, 1.165) is 37.7 Å². The van der Waals surface area contributed by atoms with Gasteiger partial charge in [0.2, 0.25) is 0 Å². The predicted molar refractivity (Wildman–Crippen MR) is 113 cm³/mol. The summed E-state index contributed by atoms with van der Waals surface area (Å²) in [6, 6.07) is 6.82. The van der Waals surface area contributed by atoms with Crippen LogP contribution in [0.1, 0.15) is 64.4 Å². The van der Waals surface area contributed by atoms with E-state index in [0.29, 0.717) is 5.92 Å². The number of hydrogen-bond acceptors (Lipinski definition) is 4. The lowest BCUT2D eigenvalue weighted by Gasteiger charge is -2.42. The van der Waals surface area contributed by atoms with Crippen LogP contribution in [0.3, 0.4) is 0 Å². The van der Waals surface area contributed by atoms with Gasteiger partial charge in [0.1, 0.15) is 0 Å². The SMILES string of the molecule is CO[C@H]1CCCC[C@H]1[C@]1(/C=N\NS(=O)(=O)c2ccc(C)cc2)CCC(C)(C)C1. The van der Waals surface area contributed by atoms with Crippen molar-refractivity contribution in [1.82, 2.24) is 4.83 Å². The summed E-state index contributed by atoms with van der Waals surface area (Å²) in [5.41, 5.74) is 1.15. The molecule has 0 amide bonds. The molecule has 0 aliphatic heterocycles. The first-order valence-corrected chi connectivity index (χ1v) is 11.8. The highest BCUT2D eigenvalue weighted by Crippen LogP contribution is 2.55. The number of nitrogens with zero attached hydrogens (tertiary/aromatic N) is 1. The monoisotopic (exact) mass is 406 g/mol. The van der Waals surface area contributed by atoms with E-state index >= 15 is 0 Å². The van der Waals surface area contributed by atoms with Crippen LogP contribution in [0.25, 0.3) is 0 Å². The Kier molecular flexibility index (Phi) is 6.20. The van der Waals surface area contributed by atoms with Crippen LogP contribution < -0.4 is 4.83 Å². The van der Waals surface area contributed by atoms with Crippen molar-refractivity contribution in [2.45, 2.75) is 76.7 Å². The van der Waals surface area contributed by atoms with Crippen LogP contribution in [0, 0.1) is 23.7 Å². The molecule has 28 heavy (non-hydrogen) atoms. The predicted octanol–water partition coefficient (Wildman–Crippen LogP) is 4.66. The quantitative estimate of drug-likeness (QED) is 0.552. The number of sulfonamides is 1. The van der Waals surface area contributed by atoms with Crippen molar-refractivity contribution in [1.29, 1.82) is 0 Å². The maximum Gasteiger partial charge on any atom is 0.276 e. The molecule has 0 unspecified atom stereocenters. The molecular weight excluding hydrogens is 372 g/mol. The van der Waals surface area contributed by atoms with Crippen molar-refractivity contribution < 1.29 is 13.2 Å². The summed E-state index contributed by atoms with van der Waals surface area (Å²) in [6.45, 7) is 6.53. The molecule has 2 aliphatic rings. The van der Waals surface area contributed by atoms with Gasteiger partial charge in [-0.3, -0.25) is 0 Å². The van der Waals surface area contributed by atoms with Gasteiger partial charge >= 0.3 is 0 Å². The minimum Gasteiger partial charge on any atom is -0.381 e. The standard InChI is InChI=1S/C22H34N2O3S/c1-17-9-11-18(12-10-17)28(25,26)24-23-16-22(14-13-21(2,3)15-22)19-7-5-6-8-20(19)27-4/h9-12,16,19-20,24H,5-8,13-15H2,1-4H3/b23-16-/t19-,20+,22-/m1/s1. The summed E-state index contributed by atoms with van der Waals surface area (Å²) in [5.74, 6) is 0.389. The third-order valence-corrected chi connectivity index (χ3v) is 7.88. The molecule has 0 bridgehead atoms. The minimum atomic E-state index is -3.65. The van der Waals surface area contributed by atoms with Gasteiger partial charge < -0.3 is 4.74 Å². The summed E-state index contributed by atoms with van der Waals surface area (Å²) in [4.78, 5) is 2.69. The first kappa shape index (κ1) is 21.3. The number of aryl methyl sites for hydroxylation is 1. The van der Waals surface area contributed by atoms with Gasteiger partial charge in [0, 0.05) is 18.7 Å². The van der Waals surface area contributed by atoms with E-state index in [4.69, 9.17) is 4.74 Å². The van der Waals surface area contributed by atoms with Gasteiger partial charge in [0.25, 0.3) is 10.0 Å². The van der Waals surface area contributed by atoms with E-state index in [-0.39, 0.29) is 21.8 Å². The highest BCUT2D eigenvalue weighted by molar-refractivity contribution is 7.89. The average molecular weight is 407 g/mol. The van der Waals surface area contributed by atoms with Gasteiger partial charge in [0.05, 0.1) is 11.0 Å². The van der Waals surface area contributed by atoms with Gasteiger partial charge in [0.15, 0.2) is 0 Å². The van der Waals surface area contributed by atoms with E-state index in [2.05, 4.69) is 23.8 Å². The molecule has 0 aromatic heterocycles. The van der Waals surface area contributed by atoms with Crippen LogP contribution in [-0.2, 0) is 14.8 Å². The number of methoxy groups -OCH3 is 1. The van der Waals surface area contributed by atoms with E-state index in [9.17, 15) is 8.42 Å². The number of nitrogens with one attached hydrogen (secondary N) is 1. The van der Waals surface area contributed by atoms with Crippen molar-refractivity contribution in [2.75, 3.05) is 7.11 Å². The van der Waals surface area contributed by atoms with Crippen LogP contribution >= 0.6 is 0 Å². The van der Waals surface area contributed by atoms with Crippen LogP contribution in [0.15, 0.2) is 34.3 Å². The fraction of sp³-hybridized carbons (Fsp3) is 0.682. The fourth-order valence-electron chi connectivity index (χ4n) is 5.19. The van der Waals surface area contributed by atoms with Crippen molar-refractivity contribution in [3.05, 3.63) is 29.8 Å². The molecule has 1 N–H and O–H groups in total. The van der Waals surface area contributed by atoms with Crippen LogP contribution in [0.2, 0.25) is 0 Å². The highest BCUT2D eigenvalue weighted by atomic mass is 32.2. The van der Waals surface area contributed by atoms with Gasteiger partial charge in [-0.1, -0.05) is 44.4 Å². The van der Waals surface area contributed by atoms with Crippen LogP contribution in [0.5, 0.6) is 0 Å². The lowest BCUT2D eigenvalue weighted by atomic mass is 9.65. The van der Waals surface area contributed by atoms with Gasteiger partial charge in [-0.15, -0.1) is 0 Å². The zero-order valence-electron chi connectivity index (χ0n) is 17.6. The molecular formula is C22H34N2O3S. The van der Waals surface area contributed by atoms with Crippen molar-refractivity contribution in [2.24, 2.45) is 21.8 Å². The molecule has 1 aromatic carbocycles. The maximum absolute atomic E-state index is 12.6. The molecule has 156 valence electrons. The lowest BCUT2D eigenvalue weighted by Crippen LogP contribution is -2.42. The summed E-state index contributed by atoms with van der Waals surface area (Å²) >= 11 is 0. The molecule has 0 heterocycles. The zero-order valence-corrected chi connectivity index (χ0v) is 18.4. The molecule has 2 saturated carbocycles. The van der Waals surface area contributed by atoms with E-state index in [1.807, 2.05) is 13.1 Å². The van der Waals surface area contributed by atoms with E-state index in [1.54, 1.807) is 31.4 Å². The number of ether oxygens (including phenoxy) is 1. The molecule has 0 radical (unpaired) electrons. The first-order chi connectivity index (χ1) is 13.2. The highest BCUT2D eigenvalue weighted by Gasteiger charge is 2.50. The summed E-state index contributed by atoms with van der Waals surface area (Å²) in [6.07, 6.45) is 9.88. The van der Waals surface area contributed by atoms with Crippen LogP contribution in [-0.4, -0.2) is 27.8 Å². The number of rotatable bonds is 6. The molecule has 0 spiro atoms. The second-order valence-corrected chi connectivity index (χ2v) is 11.1. The average Bonchev–Trinajstić information content (AvgIpc) is 2.97. The summed E-state index contributed by atoms with van der Waals surface area (Å²) < 4.78 is 31.0. The molecule has 6 heteroatoms. The van der Waals surface area contributed by atoms with Gasteiger partial charge in [-0.25, -0.2) is 4.83 Å². The number of hydrogen-bond donors (Lipinski definition) is 1. The Bertz CT molecular complexity index is 802. The largest absolute Gasteiger partial charge is 0.381 e. The molecule has 3 atom stereocenters. The summed E-state index contributed by atoms with van der Waals surface area (Å²) in [7, 11) is -1.85. The third kappa shape index (κ3) is 4.60. The van der Waals surface area contributed by atoms with Crippen LogP contribution in [0.4, 0.5) is 0 Å². The van der Waals surface area contributed by atoms with E-state index in [1.165, 1.54) is 12.8 Å². The Morgan fingerprint density at radius 1 is 1.14 bits per heavy atom. The fourth-order valence-corrected chi connectivity index (χ4v) is 5.98. The lowest BCUT2D eigenvalue weighted by molar-refractivity contribution is -0.0167. The van der Waals surface area contributed by atoms with Gasteiger partial charge in [-0.05, 0) is 62.5 Å². The molecule has 0 saturated heterocycles. The van der Waals surface area contributed by atoms with Gasteiger partial charge in [-0.2, -0.15) is 13.5 Å². The van der Waals surface area contributed by atoms with Crippen molar-refractivity contribution >= 4 is 16.2 Å². The molecule has 1 aromatic rings. The third-order valence-electron chi connectivity index (χ3n) is 6.64. The normalized spacial score (nSPS) is 30.6. The Morgan fingerprint density at radius 2 is 1.82 bits per heavy atom. The van der Waals surface area contributed by atoms with Crippen molar-refractivity contribution in [3.63, 3.8) is 0 Å².